The first kappa shape index (κ1) is 11.1. The number of hydrogen-bond acceptors (Lipinski definition) is 3. The summed E-state index contributed by atoms with van der Waals surface area (Å²) in [5.74, 6) is 0. The zero-order chi connectivity index (χ0) is 10.6. The Kier molecular flexibility index (Phi) is 4.04. The molecule has 0 aromatic carbocycles. The molecule has 0 amide bonds. The van der Waals surface area contributed by atoms with Crippen LogP contribution < -0.4 is 5.73 Å². The van der Waals surface area contributed by atoms with Crippen molar-refractivity contribution in [1.29, 1.82) is 0 Å². The van der Waals surface area contributed by atoms with Crippen molar-refractivity contribution in [3.63, 3.8) is 0 Å². The predicted octanol–water partition coefficient (Wildman–Crippen LogP) is 1.34. The molecule has 0 aliphatic heterocycles. The van der Waals surface area contributed by atoms with Crippen molar-refractivity contribution in [1.82, 2.24) is 9.88 Å². The number of hydrogen-bond donors (Lipinski definition) is 1. The molecule has 0 aliphatic carbocycles. The van der Waals surface area contributed by atoms with Crippen LogP contribution in [0.25, 0.3) is 0 Å². The molecule has 0 saturated carbocycles. The summed E-state index contributed by atoms with van der Waals surface area (Å²) in [6.45, 7) is 3.09. The van der Waals surface area contributed by atoms with E-state index in [0.29, 0.717) is 0 Å². The Morgan fingerprint density at radius 3 is 2.79 bits per heavy atom. The van der Waals surface area contributed by atoms with Gasteiger partial charge in [0.05, 0.1) is 0 Å². The average Bonchev–Trinajstić information content (AvgIpc) is 2.15. The van der Waals surface area contributed by atoms with Gasteiger partial charge in [-0.15, -0.1) is 0 Å². The molecular formula is C11H19N3. The number of aryl methyl sites for hydroxylation is 1. The summed E-state index contributed by atoms with van der Waals surface area (Å²) in [6.07, 6.45) is 4.65. The Morgan fingerprint density at radius 2 is 2.21 bits per heavy atom. The van der Waals surface area contributed by atoms with Gasteiger partial charge in [-0.05, 0) is 51.2 Å². The van der Waals surface area contributed by atoms with Crippen LogP contribution in [0.15, 0.2) is 18.5 Å². The third-order valence-corrected chi connectivity index (χ3v) is 2.37. The van der Waals surface area contributed by atoms with E-state index in [1.54, 1.807) is 6.20 Å². The van der Waals surface area contributed by atoms with Crippen LogP contribution in [0.3, 0.4) is 0 Å². The molecule has 0 fully saturated rings. The van der Waals surface area contributed by atoms with Gasteiger partial charge in [-0.2, -0.15) is 0 Å². The van der Waals surface area contributed by atoms with Gasteiger partial charge >= 0.3 is 0 Å². The standard InChI is InChI=1S/C11H19N3/c1-9-4-6-13-8-10(9)11(12)5-7-14(2)3/h4,6,8,11H,5,7,12H2,1-3H3. The summed E-state index contributed by atoms with van der Waals surface area (Å²) in [5, 5.41) is 0. The second-order valence-corrected chi connectivity index (χ2v) is 3.93. The monoisotopic (exact) mass is 193 g/mol. The molecule has 1 unspecified atom stereocenters. The smallest absolute Gasteiger partial charge is 0.0325 e. The molecule has 14 heavy (non-hydrogen) atoms. The molecule has 1 aromatic heterocycles. The fourth-order valence-corrected chi connectivity index (χ4v) is 1.42. The quantitative estimate of drug-likeness (QED) is 0.784. The Hall–Kier alpha value is -0.930. The first-order valence-corrected chi connectivity index (χ1v) is 4.92. The average molecular weight is 193 g/mol. The van der Waals surface area contributed by atoms with Gasteiger partial charge in [0.15, 0.2) is 0 Å². The van der Waals surface area contributed by atoms with Gasteiger partial charge in [-0.25, -0.2) is 0 Å². The normalized spacial score (nSPS) is 13.2. The molecule has 78 valence electrons. The largest absolute Gasteiger partial charge is 0.324 e. The third kappa shape index (κ3) is 3.09. The molecule has 1 heterocycles. The van der Waals surface area contributed by atoms with Crippen molar-refractivity contribution in [2.75, 3.05) is 20.6 Å². The molecular weight excluding hydrogens is 174 g/mol. The van der Waals surface area contributed by atoms with Crippen LogP contribution in [0.1, 0.15) is 23.6 Å². The topological polar surface area (TPSA) is 42.1 Å². The Morgan fingerprint density at radius 1 is 1.50 bits per heavy atom. The van der Waals surface area contributed by atoms with E-state index in [-0.39, 0.29) is 6.04 Å². The Balaban J connectivity index is 2.60. The van der Waals surface area contributed by atoms with Crippen molar-refractivity contribution in [2.24, 2.45) is 5.73 Å². The molecule has 1 atom stereocenters. The molecule has 2 N–H and O–H groups in total. The van der Waals surface area contributed by atoms with Gasteiger partial charge in [-0.1, -0.05) is 0 Å². The van der Waals surface area contributed by atoms with Gasteiger partial charge in [0.25, 0.3) is 0 Å². The maximum Gasteiger partial charge on any atom is 0.0325 e. The fraction of sp³-hybridized carbons (Fsp3) is 0.545. The highest BCUT2D eigenvalue weighted by Crippen LogP contribution is 2.16. The van der Waals surface area contributed by atoms with E-state index in [1.807, 2.05) is 12.3 Å². The highest BCUT2D eigenvalue weighted by atomic mass is 15.0. The lowest BCUT2D eigenvalue weighted by atomic mass is 10.0. The van der Waals surface area contributed by atoms with Gasteiger partial charge < -0.3 is 10.6 Å². The molecule has 0 aliphatic rings. The Bertz CT molecular complexity index is 284. The zero-order valence-electron chi connectivity index (χ0n) is 9.20. The number of nitrogens with zero attached hydrogens (tertiary/aromatic N) is 2. The van der Waals surface area contributed by atoms with E-state index in [0.717, 1.165) is 18.5 Å². The van der Waals surface area contributed by atoms with Gasteiger partial charge in [-0.3, -0.25) is 4.98 Å². The lowest BCUT2D eigenvalue weighted by Gasteiger charge is -2.16. The first-order chi connectivity index (χ1) is 6.61. The highest BCUT2D eigenvalue weighted by Gasteiger charge is 2.08. The molecule has 0 radical (unpaired) electrons. The van der Waals surface area contributed by atoms with Crippen molar-refractivity contribution in [3.8, 4) is 0 Å². The SMILES string of the molecule is Cc1ccncc1C(N)CCN(C)C. The third-order valence-electron chi connectivity index (χ3n) is 2.37. The van der Waals surface area contributed by atoms with Gasteiger partial charge in [0.2, 0.25) is 0 Å². The molecule has 1 aromatic rings. The molecule has 3 heteroatoms. The molecule has 1 rings (SSSR count). The maximum absolute atomic E-state index is 6.08. The zero-order valence-corrected chi connectivity index (χ0v) is 9.20. The number of aromatic nitrogens is 1. The maximum atomic E-state index is 6.08. The Labute approximate surface area is 85.9 Å². The van der Waals surface area contributed by atoms with Gasteiger partial charge in [0.1, 0.15) is 0 Å². The van der Waals surface area contributed by atoms with Crippen molar-refractivity contribution in [3.05, 3.63) is 29.6 Å². The minimum Gasteiger partial charge on any atom is -0.324 e. The van der Waals surface area contributed by atoms with Crippen molar-refractivity contribution >= 4 is 0 Å². The molecule has 0 spiro atoms. The molecule has 3 nitrogen and oxygen atoms in total. The van der Waals surface area contributed by atoms with Crippen LogP contribution in [-0.2, 0) is 0 Å². The summed E-state index contributed by atoms with van der Waals surface area (Å²) in [7, 11) is 4.12. The lowest BCUT2D eigenvalue weighted by molar-refractivity contribution is 0.382. The van der Waals surface area contributed by atoms with Crippen LogP contribution in [0.2, 0.25) is 0 Å². The summed E-state index contributed by atoms with van der Waals surface area (Å²) in [4.78, 5) is 6.24. The number of rotatable bonds is 4. The van der Waals surface area contributed by atoms with E-state index in [2.05, 4.69) is 30.9 Å². The number of nitrogens with two attached hydrogens (primary N) is 1. The summed E-state index contributed by atoms with van der Waals surface area (Å²) in [5.41, 5.74) is 8.47. The van der Waals surface area contributed by atoms with Crippen molar-refractivity contribution in [2.45, 2.75) is 19.4 Å². The van der Waals surface area contributed by atoms with E-state index in [9.17, 15) is 0 Å². The summed E-state index contributed by atoms with van der Waals surface area (Å²) in [6, 6.07) is 2.11. The van der Waals surface area contributed by atoms with Crippen molar-refractivity contribution < 1.29 is 0 Å². The predicted molar refractivity (Wildman–Crippen MR) is 59.1 cm³/mol. The van der Waals surface area contributed by atoms with E-state index >= 15 is 0 Å². The van der Waals surface area contributed by atoms with E-state index in [1.165, 1.54) is 5.56 Å². The minimum atomic E-state index is 0.103. The van der Waals surface area contributed by atoms with Crippen LogP contribution in [0.4, 0.5) is 0 Å². The van der Waals surface area contributed by atoms with Crippen LogP contribution >= 0.6 is 0 Å². The van der Waals surface area contributed by atoms with Crippen LogP contribution in [0, 0.1) is 6.92 Å². The summed E-state index contributed by atoms with van der Waals surface area (Å²) < 4.78 is 0. The first-order valence-electron chi connectivity index (χ1n) is 4.92. The van der Waals surface area contributed by atoms with E-state index in [4.69, 9.17) is 5.73 Å². The highest BCUT2D eigenvalue weighted by molar-refractivity contribution is 5.24. The molecule has 0 bridgehead atoms. The van der Waals surface area contributed by atoms with Crippen LogP contribution in [-0.4, -0.2) is 30.5 Å². The lowest BCUT2D eigenvalue weighted by Crippen LogP contribution is -2.20. The van der Waals surface area contributed by atoms with E-state index < -0.39 is 0 Å². The minimum absolute atomic E-state index is 0.103. The fourth-order valence-electron chi connectivity index (χ4n) is 1.42. The number of pyridine rings is 1. The van der Waals surface area contributed by atoms with Gasteiger partial charge in [0, 0.05) is 18.4 Å². The second-order valence-electron chi connectivity index (χ2n) is 3.93. The van der Waals surface area contributed by atoms with Crippen LogP contribution in [0.5, 0.6) is 0 Å². The molecule has 0 saturated heterocycles. The summed E-state index contributed by atoms with van der Waals surface area (Å²) >= 11 is 0. The second kappa shape index (κ2) is 5.08.